The topological polar surface area (TPSA) is 42.0 Å². The summed E-state index contributed by atoms with van der Waals surface area (Å²) in [6.07, 6.45) is -4.51. The summed E-state index contributed by atoms with van der Waals surface area (Å²) in [5.41, 5.74) is -0.832. The van der Waals surface area contributed by atoms with Crippen molar-refractivity contribution >= 4 is 21.8 Å². The number of rotatable bonds is 2. The van der Waals surface area contributed by atoms with Gasteiger partial charge in [-0.1, -0.05) is 0 Å². The molecule has 0 saturated heterocycles. The summed E-state index contributed by atoms with van der Waals surface area (Å²) in [4.78, 5) is 14.0. The highest BCUT2D eigenvalue weighted by molar-refractivity contribution is 9.10. The lowest BCUT2D eigenvalue weighted by atomic mass is 10.3. The average molecular weight is 297 g/mol. The van der Waals surface area contributed by atoms with E-state index < -0.39 is 11.9 Å². The van der Waals surface area contributed by atoms with E-state index in [-0.39, 0.29) is 22.6 Å². The number of nitrogens with zero attached hydrogens (tertiary/aromatic N) is 1. The maximum absolute atomic E-state index is 12.4. The lowest BCUT2D eigenvalue weighted by Crippen LogP contribution is -2.20. The van der Waals surface area contributed by atoms with E-state index >= 15 is 0 Å². The van der Waals surface area contributed by atoms with E-state index in [0.717, 1.165) is 0 Å². The van der Waals surface area contributed by atoms with E-state index in [9.17, 15) is 18.0 Å². The molecule has 3 nitrogen and oxygen atoms in total. The van der Waals surface area contributed by atoms with Crippen LogP contribution in [-0.2, 0) is 17.5 Å². The van der Waals surface area contributed by atoms with Gasteiger partial charge in [-0.25, -0.2) is 4.98 Å². The van der Waals surface area contributed by atoms with Gasteiger partial charge in [0.05, 0.1) is 12.2 Å². The van der Waals surface area contributed by atoms with Gasteiger partial charge in [0.1, 0.15) is 0 Å². The van der Waals surface area contributed by atoms with Crippen LogP contribution in [0, 0.1) is 0 Å². The molecule has 1 rings (SSSR count). The van der Waals surface area contributed by atoms with Gasteiger partial charge in [-0.05, 0) is 28.1 Å². The Kier molecular flexibility index (Phi) is 3.90. The summed E-state index contributed by atoms with van der Waals surface area (Å²) in [7, 11) is 0. The molecule has 1 amide bonds. The third-order valence-electron chi connectivity index (χ3n) is 1.69. The Morgan fingerprint density at radius 2 is 2.12 bits per heavy atom. The van der Waals surface area contributed by atoms with Gasteiger partial charge in [-0.15, -0.1) is 0 Å². The van der Waals surface area contributed by atoms with Crippen molar-refractivity contribution in [2.24, 2.45) is 0 Å². The van der Waals surface area contributed by atoms with Crippen molar-refractivity contribution in [3.05, 3.63) is 28.0 Å². The monoisotopic (exact) mass is 296 g/mol. The smallest absolute Gasteiger partial charge is 0.351 e. The summed E-state index contributed by atoms with van der Waals surface area (Å²) in [5.74, 6) is -0.321. The lowest BCUT2D eigenvalue weighted by Gasteiger charge is -2.10. The SMILES string of the molecule is CC(=O)NCc1ccc(Br)c(C(F)(F)F)n1. The second-order valence-electron chi connectivity index (χ2n) is 3.04. The van der Waals surface area contributed by atoms with Gasteiger partial charge in [-0.2, -0.15) is 13.2 Å². The number of hydrogen-bond acceptors (Lipinski definition) is 2. The Morgan fingerprint density at radius 3 is 2.62 bits per heavy atom. The van der Waals surface area contributed by atoms with Gasteiger partial charge < -0.3 is 5.32 Å². The molecule has 0 spiro atoms. The van der Waals surface area contributed by atoms with Gasteiger partial charge in [-0.3, -0.25) is 4.79 Å². The van der Waals surface area contributed by atoms with Gasteiger partial charge in [0.15, 0.2) is 5.69 Å². The first-order valence-corrected chi connectivity index (χ1v) is 5.07. The molecule has 0 radical (unpaired) electrons. The van der Waals surface area contributed by atoms with E-state index in [0.29, 0.717) is 0 Å². The van der Waals surface area contributed by atoms with Gasteiger partial charge >= 0.3 is 6.18 Å². The number of hydrogen-bond donors (Lipinski definition) is 1. The fraction of sp³-hybridized carbons (Fsp3) is 0.333. The highest BCUT2D eigenvalue weighted by Gasteiger charge is 2.35. The Bertz CT molecular complexity index is 406. The van der Waals surface area contributed by atoms with E-state index in [1.807, 2.05) is 0 Å². The van der Waals surface area contributed by atoms with Crippen LogP contribution in [-0.4, -0.2) is 10.9 Å². The van der Waals surface area contributed by atoms with Crippen molar-refractivity contribution in [3.8, 4) is 0 Å². The molecular weight excluding hydrogens is 289 g/mol. The molecule has 0 aliphatic rings. The fourth-order valence-electron chi connectivity index (χ4n) is 0.995. The molecule has 0 saturated carbocycles. The summed E-state index contributed by atoms with van der Waals surface area (Å²) < 4.78 is 37.2. The van der Waals surface area contributed by atoms with E-state index in [1.54, 1.807) is 0 Å². The molecule has 0 bridgehead atoms. The molecule has 0 aliphatic carbocycles. The van der Waals surface area contributed by atoms with Crippen molar-refractivity contribution in [1.82, 2.24) is 10.3 Å². The zero-order chi connectivity index (χ0) is 12.3. The van der Waals surface area contributed by atoms with E-state index in [4.69, 9.17) is 0 Å². The number of halogens is 4. The summed E-state index contributed by atoms with van der Waals surface area (Å²) in [6, 6.07) is 2.67. The Balaban J connectivity index is 2.94. The summed E-state index contributed by atoms with van der Waals surface area (Å²) in [6.45, 7) is 1.26. The number of amides is 1. The van der Waals surface area contributed by atoms with Crippen molar-refractivity contribution in [2.45, 2.75) is 19.6 Å². The molecule has 0 aromatic carbocycles. The van der Waals surface area contributed by atoms with Gasteiger partial charge in [0.2, 0.25) is 5.91 Å². The third kappa shape index (κ3) is 3.48. The minimum atomic E-state index is -4.51. The number of pyridine rings is 1. The predicted molar refractivity (Wildman–Crippen MR) is 54.5 cm³/mol. The van der Waals surface area contributed by atoms with Crippen LogP contribution in [0.5, 0.6) is 0 Å². The highest BCUT2D eigenvalue weighted by atomic mass is 79.9. The van der Waals surface area contributed by atoms with E-state index in [1.165, 1.54) is 19.1 Å². The molecule has 0 aliphatic heterocycles. The number of nitrogens with one attached hydrogen (secondary N) is 1. The molecule has 16 heavy (non-hydrogen) atoms. The molecule has 1 aromatic heterocycles. The van der Waals surface area contributed by atoms with Gasteiger partial charge in [0.25, 0.3) is 0 Å². The van der Waals surface area contributed by atoms with Crippen LogP contribution < -0.4 is 5.32 Å². The summed E-state index contributed by atoms with van der Waals surface area (Å²) in [5, 5.41) is 2.38. The zero-order valence-corrected chi connectivity index (χ0v) is 9.82. The lowest BCUT2D eigenvalue weighted by molar-refractivity contribution is -0.141. The second-order valence-corrected chi connectivity index (χ2v) is 3.89. The molecular formula is C9H8BrF3N2O. The fourth-order valence-corrected chi connectivity index (χ4v) is 1.44. The highest BCUT2D eigenvalue weighted by Crippen LogP contribution is 2.33. The molecule has 0 unspecified atom stereocenters. The molecule has 7 heteroatoms. The molecule has 88 valence electrons. The Labute approximate surface area is 98.2 Å². The van der Waals surface area contributed by atoms with Crippen LogP contribution in [0.4, 0.5) is 13.2 Å². The zero-order valence-electron chi connectivity index (χ0n) is 8.23. The molecule has 0 fully saturated rings. The normalized spacial score (nSPS) is 11.3. The first kappa shape index (κ1) is 13.0. The van der Waals surface area contributed by atoms with Crippen LogP contribution >= 0.6 is 15.9 Å². The molecule has 0 atom stereocenters. The van der Waals surface area contributed by atoms with Crippen LogP contribution in [0.15, 0.2) is 16.6 Å². The van der Waals surface area contributed by atoms with Crippen LogP contribution in [0.2, 0.25) is 0 Å². The first-order valence-electron chi connectivity index (χ1n) is 4.28. The van der Waals surface area contributed by atoms with Crippen LogP contribution in [0.1, 0.15) is 18.3 Å². The average Bonchev–Trinajstić information content (AvgIpc) is 2.14. The van der Waals surface area contributed by atoms with Crippen molar-refractivity contribution in [1.29, 1.82) is 0 Å². The quantitative estimate of drug-likeness (QED) is 0.911. The second kappa shape index (κ2) is 4.82. The van der Waals surface area contributed by atoms with E-state index in [2.05, 4.69) is 26.2 Å². The predicted octanol–water partition coefficient (Wildman–Crippen LogP) is 2.50. The number of carbonyl (C=O) groups is 1. The number of carbonyl (C=O) groups excluding carboxylic acids is 1. The molecule has 1 aromatic rings. The molecule has 1 heterocycles. The maximum atomic E-state index is 12.4. The minimum Gasteiger partial charge on any atom is -0.351 e. The largest absolute Gasteiger partial charge is 0.434 e. The standard InChI is InChI=1S/C9H8BrF3N2O/c1-5(16)14-4-6-2-3-7(10)8(15-6)9(11,12)13/h2-3H,4H2,1H3,(H,14,16). The summed E-state index contributed by atoms with van der Waals surface area (Å²) >= 11 is 2.78. The number of alkyl halides is 3. The van der Waals surface area contributed by atoms with Crippen molar-refractivity contribution in [2.75, 3.05) is 0 Å². The van der Waals surface area contributed by atoms with Crippen molar-refractivity contribution < 1.29 is 18.0 Å². The first-order chi connectivity index (χ1) is 7.30. The third-order valence-corrected chi connectivity index (χ3v) is 2.33. The Hall–Kier alpha value is -1.11. The Morgan fingerprint density at radius 1 is 1.50 bits per heavy atom. The van der Waals surface area contributed by atoms with Crippen LogP contribution in [0.3, 0.4) is 0 Å². The maximum Gasteiger partial charge on any atom is 0.434 e. The molecule has 1 N–H and O–H groups in total. The number of aromatic nitrogens is 1. The van der Waals surface area contributed by atoms with Crippen LogP contribution in [0.25, 0.3) is 0 Å². The van der Waals surface area contributed by atoms with Crippen molar-refractivity contribution in [3.63, 3.8) is 0 Å². The van der Waals surface area contributed by atoms with Gasteiger partial charge in [0, 0.05) is 11.4 Å². The minimum absolute atomic E-state index is 0.0221.